The molecule has 1 aromatic carbocycles. The highest BCUT2D eigenvalue weighted by Crippen LogP contribution is 2.13. The largest absolute Gasteiger partial charge is 0.508 e. The maximum Gasteiger partial charge on any atom is 0.328 e. The Labute approximate surface area is 126 Å². The van der Waals surface area contributed by atoms with E-state index in [2.05, 4.69) is 10.1 Å². The van der Waals surface area contributed by atoms with Crippen LogP contribution in [0.5, 0.6) is 5.75 Å². The molecule has 0 bridgehead atoms. The molecule has 0 radical (unpaired) electrons. The second-order valence-electron chi connectivity index (χ2n) is 4.66. The van der Waals surface area contributed by atoms with Gasteiger partial charge in [0.25, 0.3) is 0 Å². The molecule has 5 N–H and O–H groups in total. The lowest BCUT2D eigenvalue weighted by atomic mass is 10.0. The zero-order valence-electron chi connectivity index (χ0n) is 12.0. The van der Waals surface area contributed by atoms with E-state index in [0.29, 0.717) is 5.56 Å². The van der Waals surface area contributed by atoms with Gasteiger partial charge in [0.1, 0.15) is 11.8 Å². The summed E-state index contributed by atoms with van der Waals surface area (Å²) in [6.45, 7) is 0. The fourth-order valence-electron chi connectivity index (χ4n) is 1.81. The summed E-state index contributed by atoms with van der Waals surface area (Å²) in [4.78, 5) is 34.1. The number of hydrogen-bond donors (Lipinski definition) is 4. The quantitative estimate of drug-likeness (QED) is 0.493. The first-order valence-electron chi connectivity index (χ1n) is 6.47. The van der Waals surface area contributed by atoms with E-state index in [4.69, 9.17) is 10.8 Å². The molecule has 0 aromatic heterocycles. The average molecular weight is 310 g/mol. The molecular formula is C14H18N2O6. The van der Waals surface area contributed by atoms with Crippen molar-refractivity contribution in [2.24, 2.45) is 5.73 Å². The van der Waals surface area contributed by atoms with Crippen molar-refractivity contribution in [3.05, 3.63) is 29.8 Å². The first kappa shape index (κ1) is 17.4. The van der Waals surface area contributed by atoms with E-state index in [1.54, 1.807) is 12.1 Å². The second kappa shape index (κ2) is 7.99. The minimum absolute atomic E-state index is 0.0232. The maximum absolute atomic E-state index is 11.8. The summed E-state index contributed by atoms with van der Waals surface area (Å²) in [5.41, 5.74) is 6.04. The van der Waals surface area contributed by atoms with Crippen molar-refractivity contribution in [2.45, 2.75) is 24.9 Å². The van der Waals surface area contributed by atoms with E-state index in [9.17, 15) is 19.5 Å². The Morgan fingerprint density at radius 3 is 2.59 bits per heavy atom. The summed E-state index contributed by atoms with van der Waals surface area (Å²) in [6, 6.07) is 3.88. The summed E-state index contributed by atoms with van der Waals surface area (Å²) in [6.07, 6.45) is -0.474. The van der Waals surface area contributed by atoms with E-state index in [1.807, 2.05) is 0 Å². The molecule has 1 amide bonds. The normalized spacial score (nSPS) is 13.0. The number of carboxylic acids is 1. The number of methoxy groups -OCH3 is 1. The number of hydrogen-bond acceptors (Lipinski definition) is 6. The van der Waals surface area contributed by atoms with E-state index in [0.717, 1.165) is 0 Å². The van der Waals surface area contributed by atoms with Crippen molar-refractivity contribution in [1.82, 2.24) is 5.32 Å². The van der Waals surface area contributed by atoms with Crippen molar-refractivity contribution in [2.75, 3.05) is 7.11 Å². The standard InChI is InChI=1S/C14H18N2O6/c1-22-14(21)11(6-8-3-2-4-9(17)5-8)16-13(20)10(15)7-12(18)19/h2-5,10-11,17H,6-7,15H2,1H3,(H,16,20)(H,18,19)/t10-,11?/m0/s1. The molecule has 1 aromatic rings. The van der Waals surface area contributed by atoms with E-state index >= 15 is 0 Å². The minimum Gasteiger partial charge on any atom is -0.508 e. The van der Waals surface area contributed by atoms with E-state index in [-0.39, 0.29) is 12.2 Å². The molecular weight excluding hydrogens is 292 g/mol. The van der Waals surface area contributed by atoms with Crippen molar-refractivity contribution in [3.63, 3.8) is 0 Å². The van der Waals surface area contributed by atoms with Crippen LogP contribution in [-0.2, 0) is 25.5 Å². The predicted molar refractivity (Wildman–Crippen MR) is 76.0 cm³/mol. The molecule has 0 fully saturated rings. The number of phenols is 1. The van der Waals surface area contributed by atoms with Crippen LogP contribution in [0.25, 0.3) is 0 Å². The monoisotopic (exact) mass is 310 g/mol. The lowest BCUT2D eigenvalue weighted by Crippen LogP contribution is -2.50. The molecule has 2 atom stereocenters. The van der Waals surface area contributed by atoms with Crippen LogP contribution >= 0.6 is 0 Å². The number of rotatable bonds is 7. The van der Waals surface area contributed by atoms with Gasteiger partial charge in [-0.05, 0) is 17.7 Å². The van der Waals surface area contributed by atoms with Crippen LogP contribution in [0, 0.1) is 0 Å². The molecule has 0 saturated carbocycles. The van der Waals surface area contributed by atoms with Gasteiger partial charge in [-0.25, -0.2) is 4.79 Å². The van der Waals surface area contributed by atoms with Gasteiger partial charge in [0.2, 0.25) is 5.91 Å². The number of carbonyl (C=O) groups excluding carboxylic acids is 2. The van der Waals surface area contributed by atoms with Gasteiger partial charge in [-0.3, -0.25) is 9.59 Å². The molecule has 0 spiro atoms. The van der Waals surface area contributed by atoms with Gasteiger partial charge >= 0.3 is 11.9 Å². The first-order chi connectivity index (χ1) is 10.3. The third-order valence-electron chi connectivity index (χ3n) is 2.88. The Balaban J connectivity index is 2.79. The molecule has 0 heterocycles. The number of phenolic OH excluding ortho intramolecular Hbond substituents is 1. The topological polar surface area (TPSA) is 139 Å². The molecule has 8 heteroatoms. The van der Waals surface area contributed by atoms with Crippen molar-refractivity contribution in [1.29, 1.82) is 0 Å². The van der Waals surface area contributed by atoms with Gasteiger partial charge < -0.3 is 26.0 Å². The minimum atomic E-state index is -1.27. The first-order valence-corrected chi connectivity index (χ1v) is 6.47. The number of esters is 1. The fourth-order valence-corrected chi connectivity index (χ4v) is 1.81. The highest BCUT2D eigenvalue weighted by atomic mass is 16.5. The van der Waals surface area contributed by atoms with Crippen LogP contribution in [0.4, 0.5) is 0 Å². The Hall–Kier alpha value is -2.61. The number of aromatic hydroxyl groups is 1. The summed E-state index contributed by atoms with van der Waals surface area (Å²) in [5.74, 6) is -2.66. The average Bonchev–Trinajstić information content (AvgIpc) is 2.44. The zero-order chi connectivity index (χ0) is 16.7. The molecule has 0 aliphatic carbocycles. The molecule has 0 aliphatic rings. The van der Waals surface area contributed by atoms with E-state index in [1.165, 1.54) is 19.2 Å². The number of amides is 1. The molecule has 22 heavy (non-hydrogen) atoms. The number of nitrogens with one attached hydrogen (secondary N) is 1. The summed E-state index contributed by atoms with van der Waals surface area (Å²) in [7, 11) is 1.17. The van der Waals surface area contributed by atoms with E-state index < -0.39 is 36.4 Å². The van der Waals surface area contributed by atoms with Gasteiger partial charge in [0, 0.05) is 6.42 Å². The van der Waals surface area contributed by atoms with Gasteiger partial charge in [-0.2, -0.15) is 0 Å². The number of benzene rings is 1. The van der Waals surface area contributed by atoms with Gasteiger partial charge in [-0.15, -0.1) is 0 Å². The number of nitrogens with two attached hydrogens (primary N) is 1. The second-order valence-corrected chi connectivity index (χ2v) is 4.66. The third-order valence-corrected chi connectivity index (χ3v) is 2.88. The lowest BCUT2D eigenvalue weighted by molar-refractivity contribution is -0.145. The summed E-state index contributed by atoms with van der Waals surface area (Å²) < 4.78 is 4.60. The molecule has 120 valence electrons. The third kappa shape index (κ3) is 5.41. The molecule has 0 saturated heterocycles. The van der Waals surface area contributed by atoms with Gasteiger partial charge in [0.05, 0.1) is 19.6 Å². The molecule has 8 nitrogen and oxygen atoms in total. The Morgan fingerprint density at radius 1 is 1.36 bits per heavy atom. The number of aliphatic carboxylic acids is 1. The van der Waals surface area contributed by atoms with Crippen LogP contribution in [0.1, 0.15) is 12.0 Å². The smallest absolute Gasteiger partial charge is 0.328 e. The maximum atomic E-state index is 11.8. The van der Waals surface area contributed by atoms with Crippen LogP contribution in [0.2, 0.25) is 0 Å². The van der Waals surface area contributed by atoms with Crippen molar-refractivity contribution in [3.8, 4) is 5.75 Å². The van der Waals surface area contributed by atoms with Crippen LogP contribution < -0.4 is 11.1 Å². The Kier molecular flexibility index (Phi) is 6.33. The Bertz CT molecular complexity index is 560. The number of carbonyl (C=O) groups is 3. The van der Waals surface area contributed by atoms with Crippen molar-refractivity contribution < 1.29 is 29.3 Å². The van der Waals surface area contributed by atoms with Gasteiger partial charge in [0.15, 0.2) is 0 Å². The van der Waals surface area contributed by atoms with Crippen LogP contribution in [-0.4, -0.2) is 47.3 Å². The highest BCUT2D eigenvalue weighted by Gasteiger charge is 2.25. The van der Waals surface area contributed by atoms with Crippen molar-refractivity contribution >= 4 is 17.8 Å². The number of ether oxygens (including phenoxy) is 1. The molecule has 0 aliphatic heterocycles. The fraction of sp³-hybridized carbons (Fsp3) is 0.357. The number of carboxylic acid groups (broad SMARTS) is 1. The summed E-state index contributed by atoms with van der Waals surface area (Å²) >= 11 is 0. The SMILES string of the molecule is COC(=O)C(Cc1cccc(O)c1)NC(=O)[C@@H](N)CC(=O)O. The highest BCUT2D eigenvalue weighted by molar-refractivity contribution is 5.89. The molecule has 1 unspecified atom stereocenters. The Morgan fingerprint density at radius 2 is 2.05 bits per heavy atom. The van der Waals surface area contributed by atoms with Crippen LogP contribution in [0.15, 0.2) is 24.3 Å². The predicted octanol–water partition coefficient (Wildman–Crippen LogP) is -0.605. The zero-order valence-corrected chi connectivity index (χ0v) is 12.0. The van der Waals surface area contributed by atoms with Crippen LogP contribution in [0.3, 0.4) is 0 Å². The summed E-state index contributed by atoms with van der Waals surface area (Å²) in [5, 5.41) is 20.4. The molecule has 1 rings (SSSR count). The van der Waals surface area contributed by atoms with Gasteiger partial charge in [-0.1, -0.05) is 12.1 Å². The lowest BCUT2D eigenvalue weighted by Gasteiger charge is -2.18.